The lowest BCUT2D eigenvalue weighted by Crippen LogP contribution is -2.09. The fraction of sp³-hybridized carbons (Fsp3) is 0.188. The molecule has 0 amide bonds. The van der Waals surface area contributed by atoms with Crippen LogP contribution in [0.2, 0.25) is 0 Å². The highest BCUT2D eigenvalue weighted by molar-refractivity contribution is 5.50. The summed E-state index contributed by atoms with van der Waals surface area (Å²) in [4.78, 5) is 0. The van der Waals surface area contributed by atoms with Gasteiger partial charge in [0.2, 0.25) is 0 Å². The van der Waals surface area contributed by atoms with E-state index < -0.39 is 0 Å². The van der Waals surface area contributed by atoms with E-state index >= 15 is 0 Å². The zero-order chi connectivity index (χ0) is 13.7. The number of halogens is 1. The Bertz CT molecular complexity index is 584. The van der Waals surface area contributed by atoms with Crippen molar-refractivity contribution in [1.29, 1.82) is 5.26 Å². The lowest BCUT2D eigenvalue weighted by atomic mass is 10.0. The normalized spacial score (nSPS) is 11.6. The Morgan fingerprint density at radius 1 is 1.21 bits per heavy atom. The molecule has 0 radical (unpaired) electrons. The molecule has 0 bridgehead atoms. The van der Waals surface area contributed by atoms with E-state index in [0.29, 0.717) is 5.56 Å². The summed E-state index contributed by atoms with van der Waals surface area (Å²) in [5.41, 5.74) is 2.56. The molecule has 1 N–H and O–H groups in total. The fourth-order valence-corrected chi connectivity index (χ4v) is 2.00. The molecule has 0 saturated heterocycles. The second-order valence-corrected chi connectivity index (χ2v) is 4.35. The topological polar surface area (TPSA) is 35.8 Å². The van der Waals surface area contributed by atoms with Gasteiger partial charge in [0.05, 0.1) is 17.7 Å². The maximum Gasteiger partial charge on any atom is 0.123 e. The van der Waals surface area contributed by atoms with Gasteiger partial charge in [0, 0.05) is 5.69 Å². The second-order valence-electron chi connectivity index (χ2n) is 4.35. The molecule has 0 saturated carbocycles. The first-order valence-electron chi connectivity index (χ1n) is 6.25. The maximum atomic E-state index is 12.9. The van der Waals surface area contributed by atoms with E-state index in [1.807, 2.05) is 18.2 Å². The van der Waals surface area contributed by atoms with Crippen molar-refractivity contribution in [3.63, 3.8) is 0 Å². The van der Waals surface area contributed by atoms with Gasteiger partial charge < -0.3 is 5.32 Å². The van der Waals surface area contributed by atoms with Gasteiger partial charge in [-0.25, -0.2) is 4.39 Å². The van der Waals surface area contributed by atoms with Crippen LogP contribution in [0.15, 0.2) is 48.5 Å². The van der Waals surface area contributed by atoms with Crippen molar-refractivity contribution in [2.75, 3.05) is 5.32 Å². The molecular weight excluding hydrogens is 239 g/mol. The second kappa shape index (κ2) is 6.01. The number of hydrogen-bond donors (Lipinski definition) is 1. The maximum absolute atomic E-state index is 12.9. The summed E-state index contributed by atoms with van der Waals surface area (Å²) in [7, 11) is 0. The smallest absolute Gasteiger partial charge is 0.123 e. The van der Waals surface area contributed by atoms with Crippen LogP contribution in [0.4, 0.5) is 10.1 Å². The average molecular weight is 254 g/mol. The van der Waals surface area contributed by atoms with Gasteiger partial charge in [-0.15, -0.1) is 0 Å². The highest BCUT2D eigenvalue weighted by Crippen LogP contribution is 2.23. The number of nitrogens with one attached hydrogen (secondary N) is 1. The first kappa shape index (κ1) is 13.1. The molecule has 2 aromatic carbocycles. The van der Waals surface area contributed by atoms with Gasteiger partial charge in [0.15, 0.2) is 0 Å². The molecule has 2 rings (SSSR count). The lowest BCUT2D eigenvalue weighted by Gasteiger charge is -2.19. The van der Waals surface area contributed by atoms with Crippen molar-refractivity contribution in [3.05, 3.63) is 65.5 Å². The average Bonchev–Trinajstić information content (AvgIpc) is 2.46. The van der Waals surface area contributed by atoms with Crippen LogP contribution in [-0.2, 0) is 0 Å². The number of nitrogens with zero attached hydrogens (tertiary/aromatic N) is 1. The molecule has 1 unspecified atom stereocenters. The Morgan fingerprint density at radius 2 is 1.95 bits per heavy atom. The van der Waals surface area contributed by atoms with Gasteiger partial charge in [0.25, 0.3) is 0 Å². The number of anilines is 1. The van der Waals surface area contributed by atoms with E-state index in [2.05, 4.69) is 18.3 Å². The zero-order valence-corrected chi connectivity index (χ0v) is 10.7. The lowest BCUT2D eigenvalue weighted by molar-refractivity contribution is 0.625. The van der Waals surface area contributed by atoms with Gasteiger partial charge >= 0.3 is 0 Å². The number of nitriles is 1. The Hall–Kier alpha value is -2.34. The Kier molecular flexibility index (Phi) is 4.15. The minimum Gasteiger partial charge on any atom is -0.378 e. The summed E-state index contributed by atoms with van der Waals surface area (Å²) in [6.45, 7) is 2.06. The summed E-state index contributed by atoms with van der Waals surface area (Å²) in [6.07, 6.45) is 0.877. The predicted molar refractivity (Wildman–Crippen MR) is 74.2 cm³/mol. The SMILES string of the molecule is CCC(Nc1cccc(C#N)c1)c1ccc(F)cc1. The van der Waals surface area contributed by atoms with E-state index in [-0.39, 0.29) is 11.9 Å². The molecule has 0 aliphatic carbocycles. The Labute approximate surface area is 112 Å². The molecule has 0 heterocycles. The van der Waals surface area contributed by atoms with E-state index in [4.69, 9.17) is 5.26 Å². The molecule has 19 heavy (non-hydrogen) atoms. The fourth-order valence-electron chi connectivity index (χ4n) is 2.00. The van der Waals surface area contributed by atoms with E-state index in [1.54, 1.807) is 18.2 Å². The van der Waals surface area contributed by atoms with Crippen LogP contribution >= 0.6 is 0 Å². The summed E-state index contributed by atoms with van der Waals surface area (Å²) in [5.74, 6) is -0.231. The van der Waals surface area contributed by atoms with Gasteiger partial charge in [-0.1, -0.05) is 25.1 Å². The third-order valence-corrected chi connectivity index (χ3v) is 3.01. The van der Waals surface area contributed by atoms with Crippen LogP contribution < -0.4 is 5.32 Å². The number of benzene rings is 2. The molecule has 96 valence electrons. The molecule has 2 nitrogen and oxygen atoms in total. The summed E-state index contributed by atoms with van der Waals surface area (Å²) in [6, 6.07) is 16.1. The van der Waals surface area contributed by atoms with Crippen molar-refractivity contribution >= 4 is 5.69 Å². The van der Waals surface area contributed by atoms with Crippen molar-refractivity contribution in [2.24, 2.45) is 0 Å². The van der Waals surface area contributed by atoms with Crippen LogP contribution in [0, 0.1) is 17.1 Å². The molecular formula is C16H15FN2. The van der Waals surface area contributed by atoms with Crippen LogP contribution in [0.25, 0.3) is 0 Å². The van der Waals surface area contributed by atoms with E-state index in [9.17, 15) is 4.39 Å². The van der Waals surface area contributed by atoms with E-state index in [0.717, 1.165) is 17.7 Å². The number of hydrogen-bond acceptors (Lipinski definition) is 2. The zero-order valence-electron chi connectivity index (χ0n) is 10.7. The highest BCUT2D eigenvalue weighted by atomic mass is 19.1. The van der Waals surface area contributed by atoms with Crippen LogP contribution in [-0.4, -0.2) is 0 Å². The summed E-state index contributed by atoms with van der Waals surface area (Å²) >= 11 is 0. The monoisotopic (exact) mass is 254 g/mol. The molecule has 1 atom stereocenters. The predicted octanol–water partition coefficient (Wildman–Crippen LogP) is 4.26. The van der Waals surface area contributed by atoms with Gasteiger partial charge in [0.1, 0.15) is 5.82 Å². The van der Waals surface area contributed by atoms with Crippen molar-refractivity contribution < 1.29 is 4.39 Å². The minimum absolute atomic E-state index is 0.106. The summed E-state index contributed by atoms with van der Waals surface area (Å²) in [5, 5.41) is 12.2. The molecule has 2 aromatic rings. The van der Waals surface area contributed by atoms with Crippen molar-refractivity contribution in [1.82, 2.24) is 0 Å². The molecule has 0 aromatic heterocycles. The van der Waals surface area contributed by atoms with E-state index in [1.165, 1.54) is 12.1 Å². The third kappa shape index (κ3) is 3.32. The summed E-state index contributed by atoms with van der Waals surface area (Å²) < 4.78 is 12.9. The van der Waals surface area contributed by atoms with Crippen LogP contribution in [0.1, 0.15) is 30.5 Å². The molecule has 0 aliphatic rings. The minimum atomic E-state index is -0.231. The van der Waals surface area contributed by atoms with Gasteiger partial charge in [-0.3, -0.25) is 0 Å². The number of rotatable bonds is 4. The molecule has 0 aliphatic heterocycles. The van der Waals surface area contributed by atoms with Gasteiger partial charge in [-0.05, 0) is 42.3 Å². The Balaban J connectivity index is 2.19. The molecule has 0 fully saturated rings. The highest BCUT2D eigenvalue weighted by Gasteiger charge is 2.09. The quantitative estimate of drug-likeness (QED) is 0.884. The first-order valence-corrected chi connectivity index (χ1v) is 6.25. The standard InChI is InChI=1S/C16H15FN2/c1-2-16(13-6-8-14(17)9-7-13)19-15-5-3-4-12(10-15)11-18/h3-10,16,19H,2H2,1H3. The van der Waals surface area contributed by atoms with Crippen molar-refractivity contribution in [3.8, 4) is 6.07 Å². The molecule has 3 heteroatoms. The van der Waals surface area contributed by atoms with Crippen LogP contribution in [0.3, 0.4) is 0 Å². The van der Waals surface area contributed by atoms with Gasteiger partial charge in [-0.2, -0.15) is 5.26 Å². The van der Waals surface area contributed by atoms with Crippen LogP contribution in [0.5, 0.6) is 0 Å². The Morgan fingerprint density at radius 3 is 2.58 bits per heavy atom. The van der Waals surface area contributed by atoms with Crippen molar-refractivity contribution in [2.45, 2.75) is 19.4 Å². The largest absolute Gasteiger partial charge is 0.378 e. The third-order valence-electron chi connectivity index (χ3n) is 3.01. The first-order chi connectivity index (χ1) is 9.22. The molecule has 0 spiro atoms.